The van der Waals surface area contributed by atoms with Gasteiger partial charge >= 0.3 is 0 Å². The van der Waals surface area contributed by atoms with E-state index >= 15 is 0 Å². The molecule has 0 radical (unpaired) electrons. The molecule has 7 heteroatoms. The van der Waals surface area contributed by atoms with Crippen LogP contribution < -0.4 is 5.32 Å². The molecule has 7 nitrogen and oxygen atoms in total. The van der Waals surface area contributed by atoms with Crippen LogP contribution in [0.5, 0.6) is 0 Å². The van der Waals surface area contributed by atoms with Gasteiger partial charge in [-0.05, 0) is 19.2 Å². The van der Waals surface area contributed by atoms with Gasteiger partial charge in [-0.2, -0.15) is 0 Å². The van der Waals surface area contributed by atoms with Crippen LogP contribution in [0.4, 0.5) is 11.4 Å². The van der Waals surface area contributed by atoms with Crippen LogP contribution in [0, 0.1) is 10.1 Å². The molecule has 0 aliphatic carbocycles. The molecule has 1 saturated heterocycles. The number of amides is 1. The van der Waals surface area contributed by atoms with Gasteiger partial charge in [0.2, 0.25) is 0 Å². The third-order valence-electron chi connectivity index (χ3n) is 3.50. The fraction of sp³-hybridized carbons (Fsp3) is 0.462. The molecule has 0 saturated carbocycles. The maximum atomic E-state index is 12.4. The number of hydrogen-bond acceptors (Lipinski definition) is 5. The van der Waals surface area contributed by atoms with E-state index in [0.29, 0.717) is 24.3 Å². The largest absolute Gasteiger partial charge is 0.383 e. The zero-order valence-corrected chi connectivity index (χ0v) is 11.6. The lowest BCUT2D eigenvalue weighted by Gasteiger charge is -2.32. The average molecular weight is 278 g/mol. The predicted molar refractivity (Wildman–Crippen MR) is 76.0 cm³/mol. The van der Waals surface area contributed by atoms with Crippen molar-refractivity contribution in [2.24, 2.45) is 0 Å². The molecule has 1 amide bonds. The third kappa shape index (κ3) is 2.88. The Labute approximate surface area is 117 Å². The fourth-order valence-electron chi connectivity index (χ4n) is 2.22. The van der Waals surface area contributed by atoms with Gasteiger partial charge in [-0.1, -0.05) is 0 Å². The second-order valence-electron chi connectivity index (χ2n) is 4.83. The molecule has 2 rings (SSSR count). The van der Waals surface area contributed by atoms with Crippen LogP contribution in [0.3, 0.4) is 0 Å². The summed E-state index contributed by atoms with van der Waals surface area (Å²) in [6, 6.07) is 4.42. The van der Waals surface area contributed by atoms with E-state index in [1.807, 2.05) is 7.05 Å². The number of anilines is 1. The lowest BCUT2D eigenvalue weighted by Crippen LogP contribution is -2.47. The van der Waals surface area contributed by atoms with Gasteiger partial charge in [0.1, 0.15) is 5.69 Å². The van der Waals surface area contributed by atoms with Crippen molar-refractivity contribution in [3.63, 3.8) is 0 Å². The molecule has 1 aliphatic heterocycles. The van der Waals surface area contributed by atoms with E-state index in [-0.39, 0.29) is 11.6 Å². The molecule has 0 bridgehead atoms. The average Bonchev–Trinajstić information content (AvgIpc) is 2.46. The van der Waals surface area contributed by atoms with Crippen molar-refractivity contribution in [1.82, 2.24) is 9.80 Å². The summed E-state index contributed by atoms with van der Waals surface area (Å²) >= 11 is 0. The number of benzene rings is 1. The minimum atomic E-state index is -0.462. The standard InChI is InChI=1S/C13H18N4O3/c1-14-11-9-10(3-4-12(11)17(19)20)13(18)16-7-5-15(2)6-8-16/h3-4,9,14H,5-8H2,1-2H3. The van der Waals surface area contributed by atoms with E-state index < -0.39 is 4.92 Å². The lowest BCUT2D eigenvalue weighted by molar-refractivity contribution is -0.383. The summed E-state index contributed by atoms with van der Waals surface area (Å²) in [5, 5.41) is 13.6. The van der Waals surface area contributed by atoms with Gasteiger partial charge in [0.25, 0.3) is 11.6 Å². The number of nitrogens with one attached hydrogen (secondary N) is 1. The topological polar surface area (TPSA) is 78.7 Å². The van der Waals surface area contributed by atoms with Crippen molar-refractivity contribution in [3.8, 4) is 0 Å². The molecule has 0 unspecified atom stereocenters. The highest BCUT2D eigenvalue weighted by molar-refractivity contribution is 5.96. The van der Waals surface area contributed by atoms with Crippen LogP contribution in [0.1, 0.15) is 10.4 Å². The Morgan fingerprint density at radius 3 is 2.50 bits per heavy atom. The number of carbonyl (C=O) groups is 1. The Hall–Kier alpha value is -2.15. The summed E-state index contributed by atoms with van der Waals surface area (Å²) in [4.78, 5) is 26.7. The normalized spacial score (nSPS) is 16.0. The first-order valence-corrected chi connectivity index (χ1v) is 6.47. The smallest absolute Gasteiger partial charge is 0.292 e. The summed E-state index contributed by atoms with van der Waals surface area (Å²) in [6.45, 7) is 3.05. The summed E-state index contributed by atoms with van der Waals surface area (Å²) in [7, 11) is 3.62. The van der Waals surface area contributed by atoms with Crippen LogP contribution in [0.2, 0.25) is 0 Å². The van der Waals surface area contributed by atoms with Crippen LogP contribution in [-0.2, 0) is 0 Å². The molecule has 1 heterocycles. The minimum absolute atomic E-state index is 0.0255. The van der Waals surface area contributed by atoms with Crippen LogP contribution in [0.25, 0.3) is 0 Å². The zero-order chi connectivity index (χ0) is 14.7. The summed E-state index contributed by atoms with van der Waals surface area (Å²) in [5.74, 6) is -0.0792. The van der Waals surface area contributed by atoms with Gasteiger partial charge in [0.15, 0.2) is 0 Å². The first kappa shape index (κ1) is 14.3. The predicted octanol–water partition coefficient (Wildman–Crippen LogP) is 1.02. The van der Waals surface area contributed by atoms with E-state index in [2.05, 4.69) is 10.2 Å². The number of nitrogens with zero attached hydrogens (tertiary/aromatic N) is 3. The Kier molecular flexibility index (Phi) is 4.19. The third-order valence-corrected chi connectivity index (χ3v) is 3.50. The zero-order valence-electron chi connectivity index (χ0n) is 11.6. The molecule has 0 atom stereocenters. The number of nitro groups is 1. The first-order valence-electron chi connectivity index (χ1n) is 6.47. The Bertz CT molecular complexity index is 524. The molecular weight excluding hydrogens is 260 g/mol. The SMILES string of the molecule is CNc1cc(C(=O)N2CCN(C)CC2)ccc1[N+](=O)[O-]. The van der Waals surface area contributed by atoms with Gasteiger partial charge in [-0.15, -0.1) is 0 Å². The number of hydrogen-bond donors (Lipinski definition) is 1. The number of piperazine rings is 1. The Balaban J connectivity index is 2.20. The molecule has 1 aliphatic rings. The van der Waals surface area contributed by atoms with Crippen molar-refractivity contribution < 1.29 is 9.72 Å². The maximum Gasteiger partial charge on any atom is 0.292 e. The molecule has 1 N–H and O–H groups in total. The van der Waals surface area contributed by atoms with Gasteiger partial charge in [-0.25, -0.2) is 0 Å². The highest BCUT2D eigenvalue weighted by Gasteiger charge is 2.22. The van der Waals surface area contributed by atoms with Gasteiger partial charge in [-0.3, -0.25) is 14.9 Å². The molecule has 0 spiro atoms. The highest BCUT2D eigenvalue weighted by Crippen LogP contribution is 2.25. The fourth-order valence-corrected chi connectivity index (χ4v) is 2.22. The van der Waals surface area contributed by atoms with Gasteiger partial charge in [0, 0.05) is 44.9 Å². The minimum Gasteiger partial charge on any atom is -0.383 e. The van der Waals surface area contributed by atoms with Crippen molar-refractivity contribution in [2.75, 3.05) is 45.6 Å². The van der Waals surface area contributed by atoms with Crippen molar-refractivity contribution >= 4 is 17.3 Å². The van der Waals surface area contributed by atoms with E-state index in [1.165, 1.54) is 12.1 Å². The summed E-state index contributed by atoms with van der Waals surface area (Å²) < 4.78 is 0. The maximum absolute atomic E-state index is 12.4. The van der Waals surface area contributed by atoms with Crippen LogP contribution in [-0.4, -0.2) is 60.9 Å². The number of carbonyl (C=O) groups excluding carboxylic acids is 1. The summed E-state index contributed by atoms with van der Waals surface area (Å²) in [5.41, 5.74) is 0.807. The molecule has 1 aromatic rings. The number of nitro benzene ring substituents is 1. The Morgan fingerprint density at radius 1 is 1.30 bits per heavy atom. The van der Waals surface area contributed by atoms with E-state index in [4.69, 9.17) is 0 Å². The monoisotopic (exact) mass is 278 g/mol. The van der Waals surface area contributed by atoms with Gasteiger partial charge < -0.3 is 15.1 Å². The second-order valence-corrected chi connectivity index (χ2v) is 4.83. The quantitative estimate of drug-likeness (QED) is 0.660. The molecule has 0 aromatic heterocycles. The second kappa shape index (κ2) is 5.87. The molecule has 108 valence electrons. The number of likely N-dealkylation sites (N-methyl/N-ethyl adjacent to an activating group) is 1. The Morgan fingerprint density at radius 2 is 1.95 bits per heavy atom. The number of rotatable bonds is 3. The molecule has 20 heavy (non-hydrogen) atoms. The first-order chi connectivity index (χ1) is 9.52. The van der Waals surface area contributed by atoms with Crippen molar-refractivity contribution in [1.29, 1.82) is 0 Å². The van der Waals surface area contributed by atoms with Gasteiger partial charge in [0.05, 0.1) is 4.92 Å². The lowest BCUT2D eigenvalue weighted by atomic mass is 10.1. The molecule has 1 fully saturated rings. The van der Waals surface area contributed by atoms with Crippen molar-refractivity contribution in [2.45, 2.75) is 0 Å². The van der Waals surface area contributed by atoms with Crippen LogP contribution >= 0.6 is 0 Å². The summed E-state index contributed by atoms with van der Waals surface area (Å²) in [6.07, 6.45) is 0. The highest BCUT2D eigenvalue weighted by atomic mass is 16.6. The molecular formula is C13H18N4O3. The van der Waals surface area contributed by atoms with E-state index in [0.717, 1.165) is 13.1 Å². The van der Waals surface area contributed by atoms with Crippen LogP contribution in [0.15, 0.2) is 18.2 Å². The van der Waals surface area contributed by atoms with Crippen molar-refractivity contribution in [3.05, 3.63) is 33.9 Å². The van der Waals surface area contributed by atoms with E-state index in [9.17, 15) is 14.9 Å². The van der Waals surface area contributed by atoms with E-state index in [1.54, 1.807) is 18.0 Å². The molecule has 1 aromatic carbocycles.